The topological polar surface area (TPSA) is 33.0 Å². The van der Waals surface area contributed by atoms with Crippen molar-refractivity contribution >= 4 is 11.6 Å². The summed E-state index contributed by atoms with van der Waals surface area (Å²) in [4.78, 5) is 12.3. The van der Waals surface area contributed by atoms with Gasteiger partial charge >= 0.3 is 0 Å². The quantitative estimate of drug-likeness (QED) is 0.858. The molecule has 1 amide bonds. The summed E-state index contributed by atoms with van der Waals surface area (Å²) >= 11 is 0. The molecule has 3 nitrogen and oxygen atoms in total. The second-order valence-electron chi connectivity index (χ2n) is 5.90. The maximum Gasteiger partial charge on any atom is 0.290 e. The molecule has 1 saturated carbocycles. The summed E-state index contributed by atoms with van der Waals surface area (Å²) in [5.41, 5.74) is 4.47. The molecule has 1 heterocycles. The van der Waals surface area contributed by atoms with Gasteiger partial charge < -0.3 is 5.32 Å². The van der Waals surface area contributed by atoms with Crippen LogP contribution in [0.4, 0.5) is 5.69 Å². The van der Waals surface area contributed by atoms with Crippen LogP contribution in [0, 0.1) is 13.8 Å². The zero-order chi connectivity index (χ0) is 14.8. The molecule has 1 aliphatic rings. The van der Waals surface area contributed by atoms with Crippen LogP contribution in [0.15, 0.2) is 42.7 Å². The van der Waals surface area contributed by atoms with Gasteiger partial charge in [-0.05, 0) is 49.8 Å². The minimum Gasteiger partial charge on any atom is -0.320 e. The highest BCUT2D eigenvalue weighted by Gasteiger charge is 2.25. The molecule has 2 aromatic rings. The Bertz CT molecular complexity index is 654. The van der Waals surface area contributed by atoms with Crippen molar-refractivity contribution in [2.75, 3.05) is 5.32 Å². The molecule has 1 N–H and O–H groups in total. The smallest absolute Gasteiger partial charge is 0.290 e. The summed E-state index contributed by atoms with van der Waals surface area (Å²) in [5.74, 6) is 0.726. The van der Waals surface area contributed by atoms with Gasteiger partial charge in [-0.1, -0.05) is 18.2 Å². The lowest BCUT2D eigenvalue weighted by Gasteiger charge is -2.10. The summed E-state index contributed by atoms with van der Waals surface area (Å²) in [7, 11) is 0. The molecule has 0 atom stereocenters. The molecule has 1 fully saturated rings. The van der Waals surface area contributed by atoms with Crippen LogP contribution in [0.2, 0.25) is 0 Å². The van der Waals surface area contributed by atoms with Gasteiger partial charge in [0.25, 0.3) is 5.91 Å². The first kappa shape index (κ1) is 13.8. The van der Waals surface area contributed by atoms with Crippen LogP contribution in [0.3, 0.4) is 0 Å². The standard InChI is InChI=1S/C18H20N2O/c1-13-5-3-6-14(2)18(13)19-17(21)12-20-10-4-7-16(11-20)15-8-9-15/h3-7,10-11,15H,8-9,12H2,1-2H3/p+1. The fraction of sp³-hybridized carbons (Fsp3) is 0.333. The first-order valence-corrected chi connectivity index (χ1v) is 7.48. The number of hydrogen-bond donors (Lipinski definition) is 1. The first-order chi connectivity index (χ1) is 10.1. The molecule has 0 unspecified atom stereocenters. The number of aromatic nitrogens is 1. The normalized spacial score (nSPS) is 14.0. The van der Waals surface area contributed by atoms with Gasteiger partial charge in [0.1, 0.15) is 0 Å². The predicted molar refractivity (Wildman–Crippen MR) is 83.2 cm³/mol. The summed E-state index contributed by atoms with van der Waals surface area (Å²) in [5, 5.41) is 3.03. The van der Waals surface area contributed by atoms with E-state index < -0.39 is 0 Å². The second-order valence-corrected chi connectivity index (χ2v) is 5.90. The summed E-state index contributed by atoms with van der Waals surface area (Å²) in [6, 6.07) is 10.2. The lowest BCUT2D eigenvalue weighted by Crippen LogP contribution is -2.40. The zero-order valence-corrected chi connectivity index (χ0v) is 12.6. The summed E-state index contributed by atoms with van der Waals surface area (Å²) < 4.78 is 1.97. The van der Waals surface area contributed by atoms with E-state index in [1.54, 1.807) is 0 Å². The van der Waals surface area contributed by atoms with Gasteiger partial charge in [0.05, 0.1) is 0 Å². The molecule has 3 heteroatoms. The number of nitrogens with zero attached hydrogens (tertiary/aromatic N) is 1. The van der Waals surface area contributed by atoms with Crippen molar-refractivity contribution in [3.8, 4) is 0 Å². The molecule has 1 aromatic heterocycles. The van der Waals surface area contributed by atoms with E-state index in [9.17, 15) is 4.79 Å². The molecule has 21 heavy (non-hydrogen) atoms. The van der Waals surface area contributed by atoms with Gasteiger partial charge in [-0.25, -0.2) is 0 Å². The van der Waals surface area contributed by atoms with Crippen molar-refractivity contribution in [3.05, 3.63) is 59.4 Å². The van der Waals surface area contributed by atoms with Gasteiger partial charge in [0, 0.05) is 17.3 Å². The highest BCUT2D eigenvalue weighted by Crippen LogP contribution is 2.39. The maximum absolute atomic E-state index is 12.3. The van der Waals surface area contributed by atoms with E-state index in [2.05, 4.69) is 17.6 Å². The van der Waals surface area contributed by atoms with E-state index in [0.29, 0.717) is 12.5 Å². The molecule has 0 spiro atoms. The molecule has 1 aliphatic carbocycles. The molecular formula is C18H21N2O+. The number of amides is 1. The van der Waals surface area contributed by atoms with Crippen LogP contribution >= 0.6 is 0 Å². The Morgan fingerprint density at radius 3 is 2.57 bits per heavy atom. The minimum atomic E-state index is 0.0188. The number of carbonyl (C=O) groups excluding carboxylic acids is 1. The van der Waals surface area contributed by atoms with Gasteiger partial charge in [0.15, 0.2) is 12.4 Å². The van der Waals surface area contributed by atoms with Crippen LogP contribution in [-0.2, 0) is 11.3 Å². The van der Waals surface area contributed by atoms with E-state index in [1.165, 1.54) is 18.4 Å². The lowest BCUT2D eigenvalue weighted by atomic mass is 10.1. The maximum atomic E-state index is 12.3. The largest absolute Gasteiger partial charge is 0.320 e. The van der Waals surface area contributed by atoms with Crippen molar-refractivity contribution in [2.24, 2.45) is 0 Å². The van der Waals surface area contributed by atoms with E-state index in [-0.39, 0.29) is 5.91 Å². The number of rotatable bonds is 4. The number of nitrogens with one attached hydrogen (secondary N) is 1. The molecular weight excluding hydrogens is 260 g/mol. The third-order valence-corrected chi connectivity index (χ3v) is 4.00. The second kappa shape index (κ2) is 5.68. The van der Waals surface area contributed by atoms with Crippen molar-refractivity contribution in [1.82, 2.24) is 0 Å². The Kier molecular flexibility index (Phi) is 3.74. The van der Waals surface area contributed by atoms with E-state index in [4.69, 9.17) is 0 Å². The summed E-state index contributed by atoms with van der Waals surface area (Å²) in [6.07, 6.45) is 6.61. The van der Waals surface area contributed by atoms with E-state index in [1.807, 2.05) is 48.9 Å². The monoisotopic (exact) mass is 281 g/mol. The molecule has 0 radical (unpaired) electrons. The Morgan fingerprint density at radius 1 is 1.19 bits per heavy atom. The van der Waals surface area contributed by atoms with Crippen LogP contribution in [-0.4, -0.2) is 5.91 Å². The zero-order valence-electron chi connectivity index (χ0n) is 12.6. The summed E-state index contributed by atoms with van der Waals surface area (Å²) in [6.45, 7) is 4.39. The van der Waals surface area contributed by atoms with E-state index >= 15 is 0 Å². The molecule has 3 rings (SSSR count). The number of aryl methyl sites for hydroxylation is 2. The number of benzene rings is 1. The molecule has 0 aliphatic heterocycles. The first-order valence-electron chi connectivity index (χ1n) is 7.48. The van der Waals surface area contributed by atoms with Gasteiger partial charge in [0.2, 0.25) is 6.54 Å². The Morgan fingerprint density at radius 2 is 1.90 bits per heavy atom. The van der Waals surface area contributed by atoms with Crippen LogP contribution in [0.1, 0.15) is 35.4 Å². The van der Waals surface area contributed by atoms with Crippen molar-refractivity contribution in [2.45, 2.75) is 39.2 Å². The lowest BCUT2D eigenvalue weighted by molar-refractivity contribution is -0.684. The molecule has 0 saturated heterocycles. The average molecular weight is 281 g/mol. The Labute approximate surface area is 125 Å². The predicted octanol–water partition coefficient (Wildman–Crippen LogP) is 3.11. The van der Waals surface area contributed by atoms with Crippen LogP contribution in [0.5, 0.6) is 0 Å². The van der Waals surface area contributed by atoms with Crippen molar-refractivity contribution < 1.29 is 9.36 Å². The number of carbonyl (C=O) groups is 1. The fourth-order valence-electron chi connectivity index (χ4n) is 2.66. The Hall–Kier alpha value is -2.16. The third-order valence-electron chi connectivity index (χ3n) is 4.00. The van der Waals surface area contributed by atoms with Crippen LogP contribution < -0.4 is 9.88 Å². The van der Waals surface area contributed by atoms with Gasteiger partial charge in [-0.3, -0.25) is 4.79 Å². The molecule has 108 valence electrons. The Balaban J connectivity index is 1.70. The van der Waals surface area contributed by atoms with Crippen molar-refractivity contribution in [3.63, 3.8) is 0 Å². The number of hydrogen-bond acceptors (Lipinski definition) is 1. The highest BCUT2D eigenvalue weighted by atomic mass is 16.1. The highest BCUT2D eigenvalue weighted by molar-refractivity contribution is 5.91. The molecule has 1 aromatic carbocycles. The third kappa shape index (κ3) is 3.30. The van der Waals surface area contributed by atoms with Crippen LogP contribution in [0.25, 0.3) is 0 Å². The average Bonchev–Trinajstić information content (AvgIpc) is 3.28. The van der Waals surface area contributed by atoms with Gasteiger partial charge in [-0.2, -0.15) is 4.57 Å². The minimum absolute atomic E-state index is 0.0188. The van der Waals surface area contributed by atoms with E-state index in [0.717, 1.165) is 16.8 Å². The fourth-order valence-corrected chi connectivity index (χ4v) is 2.66. The number of para-hydroxylation sites is 1. The van der Waals surface area contributed by atoms with Crippen molar-refractivity contribution in [1.29, 1.82) is 0 Å². The SMILES string of the molecule is Cc1cccc(C)c1NC(=O)C[n+]1cccc(C2CC2)c1. The molecule has 0 bridgehead atoms. The number of pyridine rings is 1. The number of anilines is 1. The van der Waals surface area contributed by atoms with Gasteiger partial charge in [-0.15, -0.1) is 0 Å².